The zero-order chi connectivity index (χ0) is 18.7. The predicted molar refractivity (Wildman–Crippen MR) is 100 cm³/mol. The van der Waals surface area contributed by atoms with Crippen molar-refractivity contribution < 1.29 is 36.4 Å². The molecule has 4 aromatic rings. The Kier molecular flexibility index (Phi) is 16.2. The molecule has 4 rings (SSSR count). The monoisotopic (exact) mass is 434 g/mol. The Bertz CT molecular complexity index is 636. The number of benzene rings is 2. The van der Waals surface area contributed by atoms with Gasteiger partial charge in [-0.1, -0.05) is 72.8 Å². The van der Waals surface area contributed by atoms with Crippen LogP contribution in [0, 0.1) is 0 Å². The molecular formula is C22H20N2O2Zr. The molecule has 27 heavy (non-hydrogen) atoms. The second kappa shape index (κ2) is 18.0. The molecule has 0 saturated heterocycles. The molecule has 2 aromatic heterocycles. The van der Waals surface area contributed by atoms with Crippen LogP contribution in [0.25, 0.3) is 0 Å². The second-order valence-corrected chi connectivity index (χ2v) is 4.68. The van der Waals surface area contributed by atoms with Gasteiger partial charge in [0, 0.05) is 24.8 Å². The Morgan fingerprint density at radius 2 is 0.667 bits per heavy atom. The topological polar surface area (TPSA) is 71.9 Å². The summed E-state index contributed by atoms with van der Waals surface area (Å²) in [5.41, 5.74) is 0. The number of nitrogens with zero attached hydrogens (tertiary/aromatic N) is 2. The number of aromatic nitrogens is 2. The van der Waals surface area contributed by atoms with Crippen LogP contribution < -0.4 is 10.2 Å². The number of hydrogen-bond donors (Lipinski definition) is 0. The van der Waals surface area contributed by atoms with E-state index in [-0.39, 0.29) is 37.7 Å². The van der Waals surface area contributed by atoms with Crippen LogP contribution in [0.2, 0.25) is 0 Å². The molecule has 0 unspecified atom stereocenters. The van der Waals surface area contributed by atoms with Crippen molar-refractivity contribution in [2.24, 2.45) is 0 Å². The zero-order valence-corrected chi connectivity index (χ0v) is 17.2. The van der Waals surface area contributed by atoms with Gasteiger partial charge < -0.3 is 10.2 Å². The van der Waals surface area contributed by atoms with Crippen molar-refractivity contribution in [1.29, 1.82) is 0 Å². The van der Waals surface area contributed by atoms with Gasteiger partial charge in [0.15, 0.2) is 0 Å². The third kappa shape index (κ3) is 16.4. The van der Waals surface area contributed by atoms with E-state index in [0.29, 0.717) is 0 Å². The smallest absolute Gasteiger partial charge is 0.872 e. The molecule has 134 valence electrons. The van der Waals surface area contributed by atoms with Crippen molar-refractivity contribution in [1.82, 2.24) is 9.97 Å². The van der Waals surface area contributed by atoms with Gasteiger partial charge in [-0.15, -0.1) is 11.5 Å². The van der Waals surface area contributed by atoms with Crippen LogP contribution >= 0.6 is 0 Å². The Labute approximate surface area is 179 Å². The minimum absolute atomic E-state index is 0. The maximum absolute atomic E-state index is 10.3. The molecule has 2 aromatic carbocycles. The van der Waals surface area contributed by atoms with Crippen LogP contribution in [0.5, 0.6) is 11.5 Å². The van der Waals surface area contributed by atoms with Crippen LogP contribution in [0.3, 0.4) is 0 Å². The Hall–Kier alpha value is -2.78. The normalized spacial score (nSPS) is 8.00. The molecule has 5 heteroatoms. The van der Waals surface area contributed by atoms with E-state index in [1.807, 2.05) is 48.5 Å². The van der Waals surface area contributed by atoms with Crippen molar-refractivity contribution in [2.75, 3.05) is 0 Å². The molecule has 0 aliphatic rings. The first-order valence-corrected chi connectivity index (χ1v) is 7.93. The third-order valence-corrected chi connectivity index (χ3v) is 2.62. The van der Waals surface area contributed by atoms with Crippen molar-refractivity contribution in [3.63, 3.8) is 0 Å². The number of para-hydroxylation sites is 2. The predicted octanol–water partition coefficient (Wildman–Crippen LogP) is 3.68. The Balaban J connectivity index is 0.000000331. The molecule has 0 amide bonds. The van der Waals surface area contributed by atoms with Gasteiger partial charge in [0.2, 0.25) is 0 Å². The van der Waals surface area contributed by atoms with Crippen LogP contribution in [0.4, 0.5) is 0 Å². The second-order valence-electron chi connectivity index (χ2n) is 4.68. The molecule has 0 radical (unpaired) electrons. The molecule has 0 aliphatic carbocycles. The number of rotatable bonds is 0. The summed E-state index contributed by atoms with van der Waals surface area (Å²) >= 11 is 0. The van der Waals surface area contributed by atoms with E-state index in [4.69, 9.17) is 0 Å². The molecule has 0 atom stereocenters. The van der Waals surface area contributed by atoms with Crippen molar-refractivity contribution in [2.45, 2.75) is 0 Å². The molecule has 0 spiro atoms. The fourth-order valence-electron chi connectivity index (χ4n) is 1.47. The molecule has 0 saturated carbocycles. The van der Waals surface area contributed by atoms with Crippen LogP contribution in [0.1, 0.15) is 0 Å². The average Bonchev–Trinajstić information content (AvgIpc) is 2.73. The maximum atomic E-state index is 10.3. The van der Waals surface area contributed by atoms with E-state index in [1.165, 1.54) is 24.3 Å². The minimum Gasteiger partial charge on any atom is -0.872 e. The molecule has 0 N–H and O–H groups in total. The van der Waals surface area contributed by atoms with E-state index in [2.05, 4.69) is 9.97 Å². The van der Waals surface area contributed by atoms with Gasteiger partial charge in [-0.2, -0.15) is 0 Å². The minimum atomic E-state index is 0. The summed E-state index contributed by atoms with van der Waals surface area (Å²) in [6.45, 7) is 0. The molecule has 2 heterocycles. The zero-order valence-electron chi connectivity index (χ0n) is 14.8. The van der Waals surface area contributed by atoms with Crippen LogP contribution in [-0.4, -0.2) is 9.97 Å². The summed E-state index contributed by atoms with van der Waals surface area (Å²) < 4.78 is 0. The first-order valence-electron chi connectivity index (χ1n) is 7.93. The van der Waals surface area contributed by atoms with E-state index in [1.54, 1.807) is 49.1 Å². The first kappa shape index (κ1) is 24.2. The fourth-order valence-corrected chi connectivity index (χ4v) is 1.47. The molecule has 0 fully saturated rings. The summed E-state index contributed by atoms with van der Waals surface area (Å²) in [5, 5.41) is 20.5. The van der Waals surface area contributed by atoms with Crippen molar-refractivity contribution in [3.8, 4) is 11.5 Å². The van der Waals surface area contributed by atoms with E-state index in [0.717, 1.165) is 0 Å². The first-order chi connectivity index (χ1) is 12.8. The summed E-state index contributed by atoms with van der Waals surface area (Å²) in [7, 11) is 0. The van der Waals surface area contributed by atoms with Crippen molar-refractivity contribution in [3.05, 3.63) is 122 Å². The summed E-state index contributed by atoms with van der Waals surface area (Å²) in [6.07, 6.45) is 7.00. The van der Waals surface area contributed by atoms with Gasteiger partial charge in [-0.3, -0.25) is 9.97 Å². The maximum Gasteiger partial charge on any atom is 2.00 e. The number of hydrogen-bond acceptors (Lipinski definition) is 4. The van der Waals surface area contributed by atoms with E-state index >= 15 is 0 Å². The fraction of sp³-hybridized carbons (Fsp3) is 0. The van der Waals surface area contributed by atoms with Gasteiger partial charge in [0.1, 0.15) is 0 Å². The molecular weight excluding hydrogens is 415 g/mol. The van der Waals surface area contributed by atoms with Crippen molar-refractivity contribution >= 4 is 0 Å². The van der Waals surface area contributed by atoms with Gasteiger partial charge in [0.05, 0.1) is 0 Å². The van der Waals surface area contributed by atoms with E-state index in [9.17, 15) is 10.2 Å². The molecule has 4 nitrogen and oxygen atoms in total. The van der Waals surface area contributed by atoms with Gasteiger partial charge in [-0.25, -0.2) is 0 Å². The van der Waals surface area contributed by atoms with Crippen LogP contribution in [0.15, 0.2) is 122 Å². The SMILES string of the molecule is [O-]c1ccccc1.[O-]c1ccccc1.[Zr+2].c1ccncc1.c1ccncc1. The third-order valence-electron chi connectivity index (χ3n) is 2.62. The summed E-state index contributed by atoms with van der Waals surface area (Å²) in [6, 6.07) is 28.1. The summed E-state index contributed by atoms with van der Waals surface area (Å²) in [5.74, 6) is 0.144. The largest absolute Gasteiger partial charge is 2.00 e. The standard InChI is InChI=1S/2C6H6O.2C5H5N.Zr/c2*7-6-4-2-1-3-5-6;2*1-2-4-6-5-3-1;/h2*1-5,7H;2*1-5H;/q;;;;+2/p-2. The average molecular weight is 436 g/mol. The van der Waals surface area contributed by atoms with Gasteiger partial charge in [0.25, 0.3) is 0 Å². The van der Waals surface area contributed by atoms with Gasteiger partial charge in [-0.05, 0) is 24.3 Å². The quantitative estimate of drug-likeness (QED) is 0.422. The number of pyridine rings is 2. The molecule has 0 aliphatic heterocycles. The summed E-state index contributed by atoms with van der Waals surface area (Å²) in [4.78, 5) is 7.57. The Morgan fingerprint density at radius 3 is 0.778 bits per heavy atom. The van der Waals surface area contributed by atoms with E-state index < -0.39 is 0 Å². The Morgan fingerprint density at radius 1 is 0.407 bits per heavy atom. The van der Waals surface area contributed by atoms with Gasteiger partial charge >= 0.3 is 26.2 Å². The van der Waals surface area contributed by atoms with Crippen LogP contribution in [-0.2, 0) is 26.2 Å². The molecule has 0 bridgehead atoms.